The van der Waals surface area contributed by atoms with Crippen LogP contribution in [0.5, 0.6) is 11.5 Å². The first kappa shape index (κ1) is 16.8. The molecule has 1 unspecified atom stereocenters. The van der Waals surface area contributed by atoms with E-state index in [0.717, 1.165) is 0 Å². The van der Waals surface area contributed by atoms with Crippen molar-refractivity contribution in [3.05, 3.63) is 24.3 Å². The molecule has 0 radical (unpaired) electrons. The molecule has 1 amide bonds. The van der Waals surface area contributed by atoms with Crippen molar-refractivity contribution in [2.75, 3.05) is 6.61 Å². The van der Waals surface area contributed by atoms with Crippen LogP contribution in [0.25, 0.3) is 0 Å². The normalized spacial score (nSPS) is 12.5. The lowest BCUT2D eigenvalue weighted by Gasteiger charge is -2.30. The van der Waals surface area contributed by atoms with Crippen LogP contribution in [0.15, 0.2) is 24.3 Å². The van der Waals surface area contributed by atoms with Crippen LogP contribution < -0.4 is 10.1 Å². The van der Waals surface area contributed by atoms with Crippen molar-refractivity contribution in [2.45, 2.75) is 33.2 Å². The van der Waals surface area contributed by atoms with Crippen LogP contribution >= 0.6 is 0 Å². The first-order chi connectivity index (χ1) is 9.70. The number of aromatic hydroxyl groups is 1. The second-order valence-corrected chi connectivity index (χ2v) is 5.84. The minimum Gasteiger partial charge on any atom is -0.504 e. The van der Waals surface area contributed by atoms with Gasteiger partial charge in [0.2, 0.25) is 0 Å². The fourth-order valence-corrected chi connectivity index (χ4v) is 1.71. The SMILES string of the molecule is CC(C)(C)C(CC(=O)O)NC(=O)COc1ccccc1O. The summed E-state index contributed by atoms with van der Waals surface area (Å²) in [5, 5.41) is 21.1. The molecule has 6 nitrogen and oxygen atoms in total. The summed E-state index contributed by atoms with van der Waals surface area (Å²) in [4.78, 5) is 22.7. The first-order valence-electron chi connectivity index (χ1n) is 6.62. The standard InChI is InChI=1S/C15H21NO5/c1-15(2,3)12(8-14(19)20)16-13(18)9-21-11-7-5-4-6-10(11)17/h4-7,12,17H,8-9H2,1-3H3,(H,16,18)(H,19,20). The number of phenols is 1. The number of carboxylic acid groups (broad SMARTS) is 1. The Labute approximate surface area is 123 Å². The zero-order chi connectivity index (χ0) is 16.0. The minimum atomic E-state index is -0.975. The number of benzene rings is 1. The van der Waals surface area contributed by atoms with Crippen molar-refractivity contribution >= 4 is 11.9 Å². The number of nitrogens with one attached hydrogen (secondary N) is 1. The van der Waals surface area contributed by atoms with Gasteiger partial charge in [-0.2, -0.15) is 0 Å². The second-order valence-electron chi connectivity index (χ2n) is 5.84. The number of amides is 1. The molecule has 1 atom stereocenters. The quantitative estimate of drug-likeness (QED) is 0.743. The van der Waals surface area contributed by atoms with Crippen molar-refractivity contribution in [1.29, 1.82) is 0 Å². The van der Waals surface area contributed by atoms with Crippen molar-refractivity contribution in [3.8, 4) is 11.5 Å². The zero-order valence-electron chi connectivity index (χ0n) is 12.4. The van der Waals surface area contributed by atoms with Crippen LogP contribution in [0.3, 0.4) is 0 Å². The molecule has 0 heterocycles. The van der Waals surface area contributed by atoms with Gasteiger partial charge in [-0.15, -0.1) is 0 Å². The van der Waals surface area contributed by atoms with Gasteiger partial charge in [0, 0.05) is 6.04 Å². The highest BCUT2D eigenvalue weighted by atomic mass is 16.5. The van der Waals surface area contributed by atoms with Gasteiger partial charge in [0.15, 0.2) is 18.1 Å². The maximum absolute atomic E-state index is 11.9. The molecule has 0 saturated heterocycles. The van der Waals surface area contributed by atoms with Crippen molar-refractivity contribution < 1.29 is 24.5 Å². The fourth-order valence-electron chi connectivity index (χ4n) is 1.71. The minimum absolute atomic E-state index is 0.0526. The van der Waals surface area contributed by atoms with Crippen LogP contribution in [0.1, 0.15) is 27.2 Å². The van der Waals surface area contributed by atoms with E-state index < -0.39 is 17.9 Å². The van der Waals surface area contributed by atoms with E-state index >= 15 is 0 Å². The highest BCUT2D eigenvalue weighted by Crippen LogP contribution is 2.24. The average Bonchev–Trinajstić information content (AvgIpc) is 2.35. The number of para-hydroxylation sites is 2. The Morgan fingerprint density at radius 3 is 2.43 bits per heavy atom. The molecule has 116 valence electrons. The first-order valence-corrected chi connectivity index (χ1v) is 6.62. The highest BCUT2D eigenvalue weighted by Gasteiger charge is 2.28. The van der Waals surface area contributed by atoms with Gasteiger partial charge in [0.25, 0.3) is 5.91 Å². The molecule has 21 heavy (non-hydrogen) atoms. The molecule has 0 aliphatic carbocycles. The van der Waals surface area contributed by atoms with Crippen LogP contribution in [0.2, 0.25) is 0 Å². The summed E-state index contributed by atoms with van der Waals surface area (Å²) in [5.74, 6) is -1.25. The van der Waals surface area contributed by atoms with Crippen molar-refractivity contribution in [3.63, 3.8) is 0 Å². The zero-order valence-corrected chi connectivity index (χ0v) is 12.4. The van der Waals surface area contributed by atoms with Gasteiger partial charge in [-0.3, -0.25) is 9.59 Å². The Kier molecular flexibility index (Phi) is 5.58. The molecule has 0 fully saturated rings. The lowest BCUT2D eigenvalue weighted by Crippen LogP contribution is -2.46. The Morgan fingerprint density at radius 1 is 1.29 bits per heavy atom. The molecule has 3 N–H and O–H groups in total. The molecule has 0 aliphatic rings. The predicted octanol–water partition coefficient (Wildman–Crippen LogP) is 1.78. The Balaban J connectivity index is 2.58. The lowest BCUT2D eigenvalue weighted by molar-refractivity contribution is -0.138. The van der Waals surface area contributed by atoms with Crippen LogP contribution in [-0.4, -0.2) is 34.7 Å². The van der Waals surface area contributed by atoms with Gasteiger partial charge >= 0.3 is 5.97 Å². The molecule has 0 saturated carbocycles. The number of phenolic OH excluding ortho intramolecular Hbond substituents is 1. The van der Waals surface area contributed by atoms with Gasteiger partial charge in [-0.25, -0.2) is 0 Å². The van der Waals surface area contributed by atoms with E-state index in [1.165, 1.54) is 6.07 Å². The Hall–Kier alpha value is -2.24. The van der Waals surface area contributed by atoms with E-state index in [4.69, 9.17) is 9.84 Å². The van der Waals surface area contributed by atoms with Crippen LogP contribution in [0, 0.1) is 5.41 Å². The summed E-state index contributed by atoms with van der Waals surface area (Å²) >= 11 is 0. The number of carbonyl (C=O) groups excluding carboxylic acids is 1. The average molecular weight is 295 g/mol. The number of rotatable bonds is 6. The molecule has 0 aliphatic heterocycles. The third-order valence-electron chi connectivity index (χ3n) is 2.98. The molecule has 1 aromatic carbocycles. The number of carboxylic acids is 1. The predicted molar refractivity (Wildman–Crippen MR) is 77.2 cm³/mol. The van der Waals surface area contributed by atoms with Gasteiger partial charge in [0.1, 0.15) is 0 Å². The number of ether oxygens (including phenoxy) is 1. The van der Waals surface area contributed by atoms with E-state index in [9.17, 15) is 14.7 Å². The molecule has 0 aromatic heterocycles. The Morgan fingerprint density at radius 2 is 1.90 bits per heavy atom. The fraction of sp³-hybridized carbons (Fsp3) is 0.467. The maximum Gasteiger partial charge on any atom is 0.305 e. The molecular formula is C15H21NO5. The van der Waals surface area contributed by atoms with Crippen LogP contribution in [0.4, 0.5) is 0 Å². The van der Waals surface area contributed by atoms with Gasteiger partial charge in [0.05, 0.1) is 6.42 Å². The summed E-state index contributed by atoms with van der Waals surface area (Å²) in [7, 11) is 0. The number of aliphatic carboxylic acids is 1. The van der Waals surface area contributed by atoms with E-state index in [1.807, 2.05) is 20.8 Å². The van der Waals surface area contributed by atoms with E-state index in [1.54, 1.807) is 18.2 Å². The molecular weight excluding hydrogens is 274 g/mol. The summed E-state index contributed by atoms with van der Waals surface area (Å²) in [5.41, 5.74) is -0.386. The molecule has 6 heteroatoms. The van der Waals surface area contributed by atoms with E-state index in [0.29, 0.717) is 0 Å². The lowest BCUT2D eigenvalue weighted by atomic mass is 9.85. The summed E-state index contributed by atoms with van der Waals surface area (Å²) in [6.07, 6.45) is -0.161. The summed E-state index contributed by atoms with van der Waals surface area (Å²) < 4.78 is 5.21. The molecule has 0 spiro atoms. The van der Waals surface area contributed by atoms with Crippen molar-refractivity contribution in [1.82, 2.24) is 5.32 Å². The van der Waals surface area contributed by atoms with E-state index in [-0.39, 0.29) is 29.9 Å². The van der Waals surface area contributed by atoms with Gasteiger partial charge in [-0.05, 0) is 17.5 Å². The third kappa shape index (κ3) is 5.72. The van der Waals surface area contributed by atoms with Gasteiger partial charge in [-0.1, -0.05) is 32.9 Å². The third-order valence-corrected chi connectivity index (χ3v) is 2.98. The highest BCUT2D eigenvalue weighted by molar-refractivity contribution is 5.79. The maximum atomic E-state index is 11.9. The smallest absolute Gasteiger partial charge is 0.305 e. The largest absolute Gasteiger partial charge is 0.504 e. The van der Waals surface area contributed by atoms with Crippen LogP contribution in [-0.2, 0) is 9.59 Å². The molecule has 1 rings (SSSR count). The molecule has 1 aromatic rings. The Bertz CT molecular complexity index is 507. The topological polar surface area (TPSA) is 95.9 Å². The second kappa shape index (κ2) is 6.97. The summed E-state index contributed by atoms with van der Waals surface area (Å²) in [6.45, 7) is 5.27. The van der Waals surface area contributed by atoms with Crippen molar-refractivity contribution in [2.24, 2.45) is 5.41 Å². The molecule has 0 bridgehead atoms. The number of carbonyl (C=O) groups is 2. The number of hydrogen-bond acceptors (Lipinski definition) is 4. The number of hydrogen-bond donors (Lipinski definition) is 3. The van der Waals surface area contributed by atoms with E-state index in [2.05, 4.69) is 5.32 Å². The summed E-state index contributed by atoms with van der Waals surface area (Å²) in [6, 6.07) is 5.81. The van der Waals surface area contributed by atoms with Gasteiger partial charge < -0.3 is 20.3 Å². The monoisotopic (exact) mass is 295 g/mol.